The summed E-state index contributed by atoms with van der Waals surface area (Å²) >= 11 is 0. The van der Waals surface area contributed by atoms with E-state index in [9.17, 15) is 23.7 Å². The fraction of sp³-hybridized carbons (Fsp3) is 0. The molecule has 108 valence electrons. The molecular weight excluding hydrogens is 286 g/mol. The van der Waals surface area contributed by atoms with E-state index < -0.39 is 33.8 Å². The van der Waals surface area contributed by atoms with E-state index in [1.54, 1.807) is 0 Å². The van der Waals surface area contributed by atoms with Gasteiger partial charge in [-0.2, -0.15) is 0 Å². The molecule has 21 heavy (non-hydrogen) atoms. The molecule has 0 unspecified atom stereocenters. The van der Waals surface area contributed by atoms with Crippen molar-refractivity contribution in [1.29, 1.82) is 0 Å². The minimum atomic E-state index is -1.55. The van der Waals surface area contributed by atoms with Crippen molar-refractivity contribution >= 4 is 23.0 Å². The molecule has 0 bridgehead atoms. The Labute approximate surface area is 116 Å². The Bertz CT molecular complexity index is 717. The van der Waals surface area contributed by atoms with Crippen molar-refractivity contribution in [3.63, 3.8) is 0 Å². The van der Waals surface area contributed by atoms with Crippen LogP contribution >= 0.6 is 0 Å². The van der Waals surface area contributed by atoms with E-state index in [4.69, 9.17) is 5.11 Å². The van der Waals surface area contributed by atoms with Gasteiger partial charge < -0.3 is 10.4 Å². The minimum absolute atomic E-state index is 0.203. The first kappa shape index (κ1) is 14.4. The lowest BCUT2D eigenvalue weighted by Gasteiger charge is -2.08. The normalized spacial score (nSPS) is 10.2. The van der Waals surface area contributed by atoms with Gasteiger partial charge in [0.2, 0.25) is 0 Å². The Morgan fingerprint density at radius 2 is 1.81 bits per heavy atom. The third-order valence-corrected chi connectivity index (χ3v) is 2.64. The van der Waals surface area contributed by atoms with Gasteiger partial charge in [0.25, 0.3) is 5.69 Å². The van der Waals surface area contributed by atoms with E-state index in [-0.39, 0.29) is 5.69 Å². The molecule has 6 nitrogen and oxygen atoms in total. The van der Waals surface area contributed by atoms with Crippen molar-refractivity contribution < 1.29 is 23.6 Å². The number of nitro benzene ring substituents is 1. The summed E-state index contributed by atoms with van der Waals surface area (Å²) in [5.74, 6) is -3.26. The maximum absolute atomic E-state index is 13.5. The van der Waals surface area contributed by atoms with Crippen LogP contribution in [0.3, 0.4) is 0 Å². The van der Waals surface area contributed by atoms with Crippen LogP contribution in [0.1, 0.15) is 10.4 Å². The molecule has 0 aliphatic carbocycles. The number of carboxylic acid groups (broad SMARTS) is 1. The molecule has 0 saturated heterocycles. The van der Waals surface area contributed by atoms with Gasteiger partial charge in [0.15, 0.2) is 0 Å². The van der Waals surface area contributed by atoms with Gasteiger partial charge in [-0.05, 0) is 30.3 Å². The average Bonchev–Trinajstić information content (AvgIpc) is 2.42. The number of hydrogen-bond donors (Lipinski definition) is 2. The maximum atomic E-state index is 13.5. The number of hydrogen-bond acceptors (Lipinski definition) is 4. The fourth-order valence-electron chi connectivity index (χ4n) is 1.67. The maximum Gasteiger partial charge on any atom is 0.338 e. The van der Waals surface area contributed by atoms with Gasteiger partial charge in [0, 0.05) is 5.69 Å². The molecule has 0 aliphatic rings. The largest absolute Gasteiger partial charge is 0.478 e. The molecule has 0 amide bonds. The first-order chi connectivity index (χ1) is 9.88. The summed E-state index contributed by atoms with van der Waals surface area (Å²) in [7, 11) is 0. The first-order valence-corrected chi connectivity index (χ1v) is 5.62. The van der Waals surface area contributed by atoms with E-state index in [0.717, 1.165) is 18.2 Å². The van der Waals surface area contributed by atoms with Crippen molar-refractivity contribution in [3.05, 3.63) is 63.7 Å². The van der Waals surface area contributed by atoms with Gasteiger partial charge in [-0.3, -0.25) is 10.1 Å². The molecule has 0 saturated carbocycles. The minimum Gasteiger partial charge on any atom is -0.478 e. The highest BCUT2D eigenvalue weighted by molar-refractivity contribution is 5.91. The lowest BCUT2D eigenvalue weighted by atomic mass is 10.1. The zero-order chi connectivity index (χ0) is 15.6. The number of carboxylic acids is 1. The summed E-state index contributed by atoms with van der Waals surface area (Å²) in [4.78, 5) is 20.9. The van der Waals surface area contributed by atoms with Gasteiger partial charge in [-0.15, -0.1) is 0 Å². The third kappa shape index (κ3) is 3.11. The number of anilines is 2. The van der Waals surface area contributed by atoms with Gasteiger partial charge in [0.1, 0.15) is 17.3 Å². The number of aromatic carboxylic acids is 1. The second kappa shape index (κ2) is 5.53. The van der Waals surface area contributed by atoms with Crippen LogP contribution in [0.4, 0.5) is 25.8 Å². The first-order valence-electron chi connectivity index (χ1n) is 5.62. The smallest absolute Gasteiger partial charge is 0.338 e. The van der Waals surface area contributed by atoms with Crippen LogP contribution in [0.15, 0.2) is 36.4 Å². The summed E-state index contributed by atoms with van der Waals surface area (Å²) in [6, 6.07) is 6.20. The molecule has 2 aromatic carbocycles. The van der Waals surface area contributed by atoms with Crippen LogP contribution in [0, 0.1) is 21.7 Å². The second-order valence-electron chi connectivity index (χ2n) is 4.04. The summed E-state index contributed by atoms with van der Waals surface area (Å²) in [5, 5.41) is 22.3. The molecule has 0 fully saturated rings. The Balaban J connectivity index is 2.49. The van der Waals surface area contributed by atoms with Crippen LogP contribution in [0.2, 0.25) is 0 Å². The second-order valence-corrected chi connectivity index (χ2v) is 4.04. The zero-order valence-electron chi connectivity index (χ0n) is 10.3. The van der Waals surface area contributed by atoms with E-state index in [1.807, 2.05) is 0 Å². The van der Waals surface area contributed by atoms with Gasteiger partial charge in [-0.25, -0.2) is 13.6 Å². The highest BCUT2D eigenvalue weighted by atomic mass is 19.1. The summed E-state index contributed by atoms with van der Waals surface area (Å²) in [6.07, 6.45) is 0. The zero-order valence-corrected chi connectivity index (χ0v) is 10.3. The average molecular weight is 294 g/mol. The van der Waals surface area contributed by atoms with Crippen molar-refractivity contribution in [2.45, 2.75) is 0 Å². The Morgan fingerprint density at radius 1 is 1.19 bits per heavy atom. The van der Waals surface area contributed by atoms with Gasteiger partial charge >= 0.3 is 5.97 Å². The van der Waals surface area contributed by atoms with Gasteiger partial charge in [0.05, 0.1) is 16.6 Å². The van der Waals surface area contributed by atoms with Gasteiger partial charge in [-0.1, -0.05) is 0 Å². The quantitative estimate of drug-likeness (QED) is 0.666. The number of rotatable bonds is 4. The molecule has 0 spiro atoms. The van der Waals surface area contributed by atoms with Crippen LogP contribution in [0.25, 0.3) is 0 Å². The Morgan fingerprint density at radius 3 is 2.33 bits per heavy atom. The van der Waals surface area contributed by atoms with E-state index in [0.29, 0.717) is 11.8 Å². The van der Waals surface area contributed by atoms with Crippen LogP contribution in [-0.4, -0.2) is 16.0 Å². The predicted molar refractivity (Wildman–Crippen MR) is 69.7 cm³/mol. The molecule has 0 atom stereocenters. The lowest BCUT2D eigenvalue weighted by molar-refractivity contribution is -0.384. The highest BCUT2D eigenvalue weighted by Crippen LogP contribution is 2.30. The van der Waals surface area contributed by atoms with Crippen molar-refractivity contribution in [3.8, 4) is 0 Å². The fourth-order valence-corrected chi connectivity index (χ4v) is 1.67. The molecule has 2 rings (SSSR count). The molecule has 2 N–H and O–H groups in total. The summed E-state index contributed by atoms with van der Waals surface area (Å²) < 4.78 is 26.3. The number of nitrogens with one attached hydrogen (secondary N) is 1. The monoisotopic (exact) mass is 294 g/mol. The van der Waals surface area contributed by atoms with Crippen molar-refractivity contribution in [2.75, 3.05) is 5.32 Å². The van der Waals surface area contributed by atoms with Crippen molar-refractivity contribution in [1.82, 2.24) is 0 Å². The van der Waals surface area contributed by atoms with Crippen LogP contribution in [0.5, 0.6) is 0 Å². The molecular formula is C13H8F2N2O4. The molecule has 2 aromatic rings. The molecule has 0 radical (unpaired) electrons. The number of halogens is 2. The molecule has 0 heterocycles. The van der Waals surface area contributed by atoms with Crippen LogP contribution in [-0.2, 0) is 0 Å². The Kier molecular flexibility index (Phi) is 3.79. The SMILES string of the molecule is O=C(O)c1cc(Nc2ccc(F)cc2)c([N+](=O)[O-])cc1F. The molecule has 0 aliphatic heterocycles. The summed E-state index contributed by atoms with van der Waals surface area (Å²) in [6.45, 7) is 0. The lowest BCUT2D eigenvalue weighted by Crippen LogP contribution is -2.05. The van der Waals surface area contributed by atoms with E-state index >= 15 is 0 Å². The summed E-state index contributed by atoms with van der Waals surface area (Å²) in [5.41, 5.74) is -1.24. The standard InChI is InChI=1S/C13H8F2N2O4/c14-7-1-3-8(4-2-7)16-11-5-9(13(18)19)10(15)6-12(11)17(20)21/h1-6,16H,(H,18,19). The van der Waals surface area contributed by atoms with Crippen LogP contribution < -0.4 is 5.32 Å². The number of nitrogens with zero attached hydrogens (tertiary/aromatic N) is 1. The predicted octanol–water partition coefficient (Wildman–Crippen LogP) is 3.31. The molecule has 8 heteroatoms. The third-order valence-electron chi connectivity index (χ3n) is 2.64. The van der Waals surface area contributed by atoms with E-state index in [1.165, 1.54) is 12.1 Å². The van der Waals surface area contributed by atoms with Crippen molar-refractivity contribution in [2.24, 2.45) is 0 Å². The highest BCUT2D eigenvalue weighted by Gasteiger charge is 2.21. The topological polar surface area (TPSA) is 92.5 Å². The van der Waals surface area contributed by atoms with E-state index in [2.05, 4.69) is 5.32 Å². The number of nitro groups is 1. The Hall–Kier alpha value is -3.03. The molecule has 0 aromatic heterocycles. The number of carbonyl (C=O) groups is 1. The number of benzene rings is 2.